The van der Waals surface area contributed by atoms with Crippen molar-refractivity contribution in [2.24, 2.45) is 0 Å². The van der Waals surface area contributed by atoms with Gasteiger partial charge in [-0.05, 0) is 37.9 Å². The quantitative estimate of drug-likeness (QED) is 0.792. The van der Waals surface area contributed by atoms with Crippen LogP contribution >= 0.6 is 0 Å². The smallest absolute Gasteiger partial charge is 0.148 e. The first kappa shape index (κ1) is 11.3. The van der Waals surface area contributed by atoms with E-state index < -0.39 is 0 Å². The van der Waals surface area contributed by atoms with Crippen molar-refractivity contribution in [2.75, 3.05) is 25.0 Å². The van der Waals surface area contributed by atoms with Gasteiger partial charge in [0.1, 0.15) is 5.82 Å². The largest absolute Gasteiger partial charge is 0.367 e. The molecule has 2 rings (SSSR count). The van der Waals surface area contributed by atoms with Crippen LogP contribution in [0.15, 0.2) is 12.3 Å². The van der Waals surface area contributed by atoms with Crippen LogP contribution in [-0.4, -0.2) is 40.8 Å². The van der Waals surface area contributed by atoms with E-state index in [0.717, 1.165) is 37.1 Å². The Morgan fingerprint density at radius 2 is 2.31 bits per heavy atom. The van der Waals surface area contributed by atoms with Crippen molar-refractivity contribution in [2.45, 2.75) is 32.7 Å². The van der Waals surface area contributed by atoms with Gasteiger partial charge in [-0.2, -0.15) is 5.10 Å². The minimum absolute atomic E-state index is 0.843. The molecule has 4 nitrogen and oxygen atoms in total. The summed E-state index contributed by atoms with van der Waals surface area (Å²) >= 11 is 0. The number of nitrogens with zero attached hydrogens (tertiary/aromatic N) is 3. The topological polar surface area (TPSA) is 41.0 Å². The highest BCUT2D eigenvalue weighted by atomic mass is 15.2. The maximum Gasteiger partial charge on any atom is 0.148 e. The van der Waals surface area contributed by atoms with Gasteiger partial charge in [-0.1, -0.05) is 6.92 Å². The molecule has 1 aliphatic rings. The molecule has 0 unspecified atom stereocenters. The summed E-state index contributed by atoms with van der Waals surface area (Å²) in [5.74, 6) is 0.881. The zero-order valence-electron chi connectivity index (χ0n) is 10.1. The molecule has 0 saturated heterocycles. The fourth-order valence-electron chi connectivity index (χ4n) is 1.92. The summed E-state index contributed by atoms with van der Waals surface area (Å²) < 4.78 is 0. The number of aryl methyl sites for hydroxylation is 1. The predicted molar refractivity (Wildman–Crippen MR) is 65.5 cm³/mol. The lowest BCUT2D eigenvalue weighted by Gasteiger charge is -2.19. The third-order valence-electron chi connectivity index (χ3n) is 2.97. The van der Waals surface area contributed by atoms with E-state index in [1.54, 1.807) is 6.20 Å². The number of hydrogen-bond donors (Lipinski definition) is 1. The fraction of sp³-hybridized carbons (Fsp3) is 0.667. The van der Waals surface area contributed by atoms with Gasteiger partial charge in [0.2, 0.25) is 0 Å². The van der Waals surface area contributed by atoms with Crippen LogP contribution in [0.2, 0.25) is 0 Å². The first-order valence-corrected chi connectivity index (χ1v) is 6.07. The highest BCUT2D eigenvalue weighted by Gasteiger charge is 2.26. The normalized spacial score (nSPS) is 15.4. The van der Waals surface area contributed by atoms with Gasteiger partial charge in [-0.15, -0.1) is 5.10 Å². The maximum absolute atomic E-state index is 4.04. The molecule has 1 aromatic heterocycles. The molecule has 0 aliphatic heterocycles. The molecule has 0 aromatic carbocycles. The minimum atomic E-state index is 0.843. The number of aromatic nitrogens is 2. The van der Waals surface area contributed by atoms with Crippen molar-refractivity contribution in [3.8, 4) is 0 Å². The fourth-order valence-corrected chi connectivity index (χ4v) is 1.92. The lowest BCUT2D eigenvalue weighted by Crippen LogP contribution is -2.31. The van der Waals surface area contributed by atoms with Crippen LogP contribution in [0.25, 0.3) is 0 Å². The Kier molecular flexibility index (Phi) is 3.72. The van der Waals surface area contributed by atoms with Gasteiger partial charge < -0.3 is 5.32 Å². The van der Waals surface area contributed by atoms with Crippen LogP contribution in [0.1, 0.15) is 25.3 Å². The second-order valence-electron chi connectivity index (χ2n) is 4.40. The molecule has 0 radical (unpaired) electrons. The molecule has 1 fully saturated rings. The molecule has 4 heteroatoms. The third-order valence-corrected chi connectivity index (χ3v) is 2.97. The molecule has 1 N–H and O–H groups in total. The molecule has 0 amide bonds. The van der Waals surface area contributed by atoms with E-state index in [2.05, 4.69) is 27.3 Å². The Morgan fingerprint density at radius 1 is 1.50 bits per heavy atom. The molecular weight excluding hydrogens is 200 g/mol. The molecule has 1 aromatic rings. The Bertz CT molecular complexity index is 336. The SMILES string of the molecule is CCN(CCNc1cc(C)cnn1)C1CC1. The zero-order valence-corrected chi connectivity index (χ0v) is 10.1. The van der Waals surface area contributed by atoms with E-state index in [1.807, 2.05) is 13.0 Å². The van der Waals surface area contributed by atoms with Crippen molar-refractivity contribution < 1.29 is 0 Å². The Hall–Kier alpha value is -1.16. The molecule has 0 bridgehead atoms. The van der Waals surface area contributed by atoms with Crippen LogP contribution in [-0.2, 0) is 0 Å². The van der Waals surface area contributed by atoms with Crippen molar-refractivity contribution in [3.63, 3.8) is 0 Å². The van der Waals surface area contributed by atoms with E-state index in [1.165, 1.54) is 12.8 Å². The van der Waals surface area contributed by atoms with Gasteiger partial charge in [-0.25, -0.2) is 0 Å². The van der Waals surface area contributed by atoms with Crippen LogP contribution in [0, 0.1) is 6.92 Å². The predicted octanol–water partition coefficient (Wildman–Crippen LogP) is 1.68. The van der Waals surface area contributed by atoms with Gasteiger partial charge >= 0.3 is 0 Å². The summed E-state index contributed by atoms with van der Waals surface area (Å²) in [5, 5.41) is 11.3. The molecule has 88 valence electrons. The zero-order chi connectivity index (χ0) is 11.4. The number of rotatable bonds is 6. The third kappa shape index (κ3) is 3.17. The second-order valence-corrected chi connectivity index (χ2v) is 4.40. The molecular formula is C12H20N4. The number of hydrogen-bond acceptors (Lipinski definition) is 4. The average Bonchev–Trinajstić information content (AvgIpc) is 3.08. The summed E-state index contributed by atoms with van der Waals surface area (Å²) in [6.45, 7) is 7.44. The van der Waals surface area contributed by atoms with Crippen molar-refractivity contribution in [1.29, 1.82) is 0 Å². The number of anilines is 1. The Labute approximate surface area is 97.1 Å². The van der Waals surface area contributed by atoms with E-state index in [9.17, 15) is 0 Å². The van der Waals surface area contributed by atoms with Crippen molar-refractivity contribution >= 4 is 5.82 Å². The molecule has 1 heterocycles. The molecule has 1 aliphatic carbocycles. The molecule has 0 atom stereocenters. The van der Waals surface area contributed by atoms with Crippen LogP contribution in [0.4, 0.5) is 5.82 Å². The van der Waals surface area contributed by atoms with E-state index >= 15 is 0 Å². The van der Waals surface area contributed by atoms with Gasteiger partial charge in [-0.3, -0.25) is 4.90 Å². The van der Waals surface area contributed by atoms with Crippen LogP contribution in [0.5, 0.6) is 0 Å². The number of likely N-dealkylation sites (N-methyl/N-ethyl adjacent to an activating group) is 1. The molecule has 16 heavy (non-hydrogen) atoms. The molecule has 0 spiro atoms. The summed E-state index contributed by atoms with van der Waals surface area (Å²) in [4.78, 5) is 2.52. The summed E-state index contributed by atoms with van der Waals surface area (Å²) in [5.41, 5.74) is 1.15. The minimum Gasteiger partial charge on any atom is -0.367 e. The van der Waals surface area contributed by atoms with Gasteiger partial charge in [0.25, 0.3) is 0 Å². The Balaban J connectivity index is 1.74. The molecule has 1 saturated carbocycles. The Morgan fingerprint density at radius 3 is 2.94 bits per heavy atom. The van der Waals surface area contributed by atoms with Gasteiger partial charge in [0.15, 0.2) is 0 Å². The number of nitrogens with one attached hydrogen (secondary N) is 1. The maximum atomic E-state index is 4.04. The highest BCUT2D eigenvalue weighted by molar-refractivity contribution is 5.34. The monoisotopic (exact) mass is 220 g/mol. The van der Waals surface area contributed by atoms with Crippen LogP contribution < -0.4 is 5.32 Å². The summed E-state index contributed by atoms with van der Waals surface area (Å²) in [6, 6.07) is 2.87. The van der Waals surface area contributed by atoms with Crippen molar-refractivity contribution in [3.05, 3.63) is 17.8 Å². The highest BCUT2D eigenvalue weighted by Crippen LogP contribution is 2.25. The average molecular weight is 220 g/mol. The summed E-state index contributed by atoms with van der Waals surface area (Å²) in [7, 11) is 0. The second kappa shape index (κ2) is 5.25. The van der Waals surface area contributed by atoms with Crippen molar-refractivity contribution in [1.82, 2.24) is 15.1 Å². The lowest BCUT2D eigenvalue weighted by molar-refractivity contribution is 0.289. The first-order valence-electron chi connectivity index (χ1n) is 6.07. The first-order chi connectivity index (χ1) is 7.79. The summed E-state index contributed by atoms with van der Waals surface area (Å²) in [6.07, 6.45) is 4.52. The lowest BCUT2D eigenvalue weighted by atomic mass is 10.3. The van der Waals surface area contributed by atoms with E-state index in [-0.39, 0.29) is 0 Å². The van der Waals surface area contributed by atoms with Gasteiger partial charge in [0.05, 0.1) is 6.20 Å². The van der Waals surface area contributed by atoms with Crippen LogP contribution in [0.3, 0.4) is 0 Å². The standard InChI is InChI=1S/C12H20N4/c1-3-16(11-4-5-11)7-6-13-12-8-10(2)9-14-15-12/h8-9,11H,3-7H2,1-2H3,(H,13,15). The van der Waals surface area contributed by atoms with Gasteiger partial charge in [0, 0.05) is 19.1 Å². The van der Waals surface area contributed by atoms with E-state index in [4.69, 9.17) is 0 Å². The van der Waals surface area contributed by atoms with E-state index in [0.29, 0.717) is 0 Å².